The van der Waals surface area contributed by atoms with Crippen LogP contribution in [0.2, 0.25) is 0 Å². The Morgan fingerprint density at radius 3 is 2.56 bits per heavy atom. The van der Waals surface area contributed by atoms with Gasteiger partial charge < -0.3 is 14.8 Å². The van der Waals surface area contributed by atoms with Crippen LogP contribution in [0, 0.1) is 0 Å². The zero-order chi connectivity index (χ0) is 13.8. The van der Waals surface area contributed by atoms with Crippen LogP contribution in [0.1, 0.15) is 24.2 Å². The fourth-order valence-electron chi connectivity index (χ4n) is 1.58. The predicted octanol–water partition coefficient (Wildman–Crippen LogP) is 2.61. The molecule has 18 heavy (non-hydrogen) atoms. The van der Waals surface area contributed by atoms with Gasteiger partial charge in [0.2, 0.25) is 0 Å². The van der Waals surface area contributed by atoms with E-state index in [0.717, 1.165) is 4.47 Å². The van der Waals surface area contributed by atoms with Crippen LogP contribution in [0.25, 0.3) is 0 Å². The lowest BCUT2D eigenvalue weighted by molar-refractivity contribution is 0.0820. The molecule has 1 amide bonds. The van der Waals surface area contributed by atoms with Gasteiger partial charge in [-0.3, -0.25) is 4.79 Å². The molecule has 0 aliphatic rings. The van der Waals surface area contributed by atoms with Gasteiger partial charge in [-0.05, 0) is 48.0 Å². The van der Waals surface area contributed by atoms with Crippen molar-refractivity contribution < 1.29 is 14.3 Å². The summed E-state index contributed by atoms with van der Waals surface area (Å²) in [7, 11) is 3.19. The second-order valence-electron chi connectivity index (χ2n) is 4.62. The highest BCUT2D eigenvalue weighted by atomic mass is 79.9. The van der Waals surface area contributed by atoms with Crippen molar-refractivity contribution in [1.29, 1.82) is 0 Å². The number of ether oxygens (including phenoxy) is 2. The molecular formula is C13H18BrNO3. The van der Waals surface area contributed by atoms with E-state index in [4.69, 9.17) is 9.47 Å². The second kappa shape index (κ2) is 6.20. The number of methoxy groups -OCH3 is 2. The highest BCUT2D eigenvalue weighted by Gasteiger charge is 2.21. The summed E-state index contributed by atoms with van der Waals surface area (Å²) in [5, 5.41) is 2.91. The van der Waals surface area contributed by atoms with Crippen molar-refractivity contribution >= 4 is 21.8 Å². The number of halogens is 1. The van der Waals surface area contributed by atoms with Gasteiger partial charge in [-0.15, -0.1) is 0 Å². The van der Waals surface area contributed by atoms with Gasteiger partial charge in [-0.25, -0.2) is 0 Å². The number of amides is 1. The summed E-state index contributed by atoms with van der Waals surface area (Å²) in [6.07, 6.45) is 0. The smallest absolute Gasteiger partial charge is 0.251 e. The van der Waals surface area contributed by atoms with Crippen LogP contribution < -0.4 is 10.1 Å². The number of hydrogen-bond acceptors (Lipinski definition) is 3. The van der Waals surface area contributed by atoms with Crippen LogP contribution >= 0.6 is 15.9 Å². The average molecular weight is 316 g/mol. The van der Waals surface area contributed by atoms with Crippen LogP contribution in [0.5, 0.6) is 5.75 Å². The zero-order valence-corrected chi connectivity index (χ0v) is 12.6. The molecule has 0 saturated heterocycles. The molecule has 0 saturated carbocycles. The highest BCUT2D eigenvalue weighted by Crippen LogP contribution is 2.25. The maximum absolute atomic E-state index is 12.1. The van der Waals surface area contributed by atoms with Gasteiger partial charge >= 0.3 is 0 Å². The summed E-state index contributed by atoms with van der Waals surface area (Å²) in [6.45, 7) is 4.27. The first-order valence-corrected chi connectivity index (χ1v) is 6.34. The summed E-state index contributed by atoms with van der Waals surface area (Å²) < 4.78 is 10.9. The largest absolute Gasteiger partial charge is 0.496 e. The van der Waals surface area contributed by atoms with Gasteiger partial charge in [0.25, 0.3) is 5.91 Å². The quantitative estimate of drug-likeness (QED) is 0.908. The van der Waals surface area contributed by atoms with Gasteiger partial charge in [-0.2, -0.15) is 0 Å². The van der Waals surface area contributed by atoms with E-state index in [1.165, 1.54) is 0 Å². The van der Waals surface area contributed by atoms with Crippen LogP contribution in [0.15, 0.2) is 22.7 Å². The molecule has 5 heteroatoms. The Hall–Kier alpha value is -1.07. The SMILES string of the molecule is COCC(C)(C)NC(=O)c1ccc(OC)c(Br)c1. The first-order valence-electron chi connectivity index (χ1n) is 5.54. The van der Waals surface area contributed by atoms with Crippen molar-refractivity contribution in [2.24, 2.45) is 0 Å². The van der Waals surface area contributed by atoms with Crippen LogP contribution in [0.4, 0.5) is 0 Å². The second-order valence-corrected chi connectivity index (χ2v) is 5.47. The van der Waals surface area contributed by atoms with Gasteiger partial charge in [0, 0.05) is 12.7 Å². The Kier molecular flexibility index (Phi) is 5.16. The van der Waals surface area contributed by atoms with Gasteiger partial charge in [-0.1, -0.05) is 0 Å². The first-order chi connectivity index (χ1) is 8.39. The summed E-state index contributed by atoms with van der Waals surface area (Å²) in [4.78, 5) is 12.1. The van der Waals surface area contributed by atoms with E-state index < -0.39 is 5.54 Å². The Morgan fingerprint density at radius 1 is 1.39 bits per heavy atom. The molecule has 0 aromatic heterocycles. The van der Waals surface area contributed by atoms with Crippen molar-refractivity contribution in [2.45, 2.75) is 19.4 Å². The third kappa shape index (κ3) is 3.99. The van der Waals surface area contributed by atoms with Crippen molar-refractivity contribution in [3.05, 3.63) is 28.2 Å². The fraction of sp³-hybridized carbons (Fsp3) is 0.462. The minimum Gasteiger partial charge on any atom is -0.496 e. The van der Waals surface area contributed by atoms with Gasteiger partial charge in [0.05, 0.1) is 23.7 Å². The van der Waals surface area contributed by atoms with Crippen molar-refractivity contribution in [1.82, 2.24) is 5.32 Å². The zero-order valence-electron chi connectivity index (χ0n) is 11.0. The summed E-state index contributed by atoms with van der Waals surface area (Å²) in [5.74, 6) is 0.558. The molecule has 0 unspecified atom stereocenters. The molecule has 0 heterocycles. The molecule has 0 radical (unpaired) electrons. The molecule has 0 atom stereocenters. The minimum absolute atomic E-state index is 0.139. The maximum Gasteiger partial charge on any atom is 0.251 e. The molecule has 0 spiro atoms. The molecule has 100 valence electrons. The monoisotopic (exact) mass is 315 g/mol. The Bertz CT molecular complexity index is 432. The topological polar surface area (TPSA) is 47.6 Å². The molecule has 0 bridgehead atoms. The van der Waals surface area contributed by atoms with Crippen LogP contribution in [0.3, 0.4) is 0 Å². The summed E-state index contributed by atoms with van der Waals surface area (Å²) in [5.41, 5.74) is 0.171. The number of benzene rings is 1. The van der Waals surface area contributed by atoms with Gasteiger partial charge in [0.15, 0.2) is 0 Å². The lowest BCUT2D eigenvalue weighted by Crippen LogP contribution is -2.46. The molecule has 4 nitrogen and oxygen atoms in total. The minimum atomic E-state index is -0.405. The molecule has 1 N–H and O–H groups in total. The number of carbonyl (C=O) groups is 1. The van der Waals surface area contributed by atoms with E-state index in [0.29, 0.717) is 17.9 Å². The average Bonchev–Trinajstić information content (AvgIpc) is 2.28. The Labute approximate surface area is 116 Å². The number of carbonyl (C=O) groups excluding carboxylic acids is 1. The van der Waals surface area contributed by atoms with Gasteiger partial charge in [0.1, 0.15) is 5.75 Å². The Morgan fingerprint density at radius 2 is 2.06 bits per heavy atom. The maximum atomic E-state index is 12.1. The predicted molar refractivity (Wildman–Crippen MR) is 74.1 cm³/mol. The van der Waals surface area contributed by atoms with E-state index in [1.54, 1.807) is 32.4 Å². The number of hydrogen-bond donors (Lipinski definition) is 1. The van der Waals surface area contributed by atoms with Crippen LogP contribution in [-0.4, -0.2) is 32.3 Å². The lowest BCUT2D eigenvalue weighted by Gasteiger charge is -2.25. The molecule has 1 aromatic carbocycles. The first kappa shape index (κ1) is 15.0. The molecule has 1 rings (SSSR count). The lowest BCUT2D eigenvalue weighted by atomic mass is 10.1. The standard InChI is InChI=1S/C13H18BrNO3/c1-13(2,8-17-3)15-12(16)9-5-6-11(18-4)10(14)7-9/h5-7H,8H2,1-4H3,(H,15,16). The van der Waals surface area contributed by atoms with E-state index >= 15 is 0 Å². The number of nitrogens with one attached hydrogen (secondary N) is 1. The van der Waals surface area contributed by atoms with E-state index in [-0.39, 0.29) is 5.91 Å². The van der Waals surface area contributed by atoms with Crippen molar-refractivity contribution in [3.63, 3.8) is 0 Å². The van der Waals surface area contributed by atoms with Crippen LogP contribution in [-0.2, 0) is 4.74 Å². The Balaban J connectivity index is 2.82. The molecule has 1 aromatic rings. The highest BCUT2D eigenvalue weighted by molar-refractivity contribution is 9.10. The van der Waals surface area contributed by atoms with Crippen molar-refractivity contribution in [3.8, 4) is 5.75 Å². The summed E-state index contributed by atoms with van der Waals surface area (Å²) >= 11 is 3.36. The normalized spacial score (nSPS) is 11.2. The van der Waals surface area contributed by atoms with Crippen molar-refractivity contribution in [2.75, 3.05) is 20.8 Å². The third-order valence-corrected chi connectivity index (χ3v) is 2.99. The van der Waals surface area contributed by atoms with E-state index in [2.05, 4.69) is 21.2 Å². The molecule has 0 fully saturated rings. The summed E-state index contributed by atoms with van der Waals surface area (Å²) in [6, 6.07) is 5.21. The molecular weight excluding hydrogens is 298 g/mol. The van der Waals surface area contributed by atoms with E-state index in [1.807, 2.05) is 13.8 Å². The molecule has 0 aliphatic carbocycles. The molecule has 0 aliphatic heterocycles. The van der Waals surface area contributed by atoms with E-state index in [9.17, 15) is 4.79 Å². The fourth-order valence-corrected chi connectivity index (χ4v) is 2.12. The third-order valence-electron chi connectivity index (χ3n) is 2.37. The number of rotatable bonds is 5.